The summed E-state index contributed by atoms with van der Waals surface area (Å²) in [5.74, 6) is 0.747. The van der Waals surface area contributed by atoms with Crippen molar-refractivity contribution in [2.45, 2.75) is 13.0 Å². The van der Waals surface area contributed by atoms with Crippen LogP contribution in [0.2, 0.25) is 5.15 Å². The topological polar surface area (TPSA) is 62.7 Å². The monoisotopic (exact) mass is 277 g/mol. The molecule has 19 heavy (non-hydrogen) atoms. The van der Waals surface area contributed by atoms with Crippen LogP contribution in [0.25, 0.3) is 0 Å². The summed E-state index contributed by atoms with van der Waals surface area (Å²) >= 11 is 5.66. The van der Waals surface area contributed by atoms with Gasteiger partial charge in [0.2, 0.25) is 0 Å². The standard InChI is InChI=1S/C13H16ClN5/c14-12-4-5-13(19-18-12)17-8-2-7-16-10-11-3-1-6-15-9-11/h1,3-6,9,16H,2,7-8,10H2,(H,17,19). The lowest BCUT2D eigenvalue weighted by molar-refractivity contribution is 0.661. The first-order chi connectivity index (χ1) is 9.34. The number of nitrogens with zero attached hydrogens (tertiary/aromatic N) is 3. The lowest BCUT2D eigenvalue weighted by atomic mass is 10.3. The molecule has 6 heteroatoms. The molecule has 0 bridgehead atoms. The van der Waals surface area contributed by atoms with Gasteiger partial charge < -0.3 is 10.6 Å². The predicted molar refractivity (Wildman–Crippen MR) is 76.1 cm³/mol. The lowest BCUT2D eigenvalue weighted by Crippen LogP contribution is -2.18. The Hall–Kier alpha value is -1.72. The number of aromatic nitrogens is 3. The van der Waals surface area contributed by atoms with Crippen LogP contribution in [0.5, 0.6) is 0 Å². The highest BCUT2D eigenvalue weighted by Crippen LogP contribution is 2.05. The second kappa shape index (κ2) is 7.66. The summed E-state index contributed by atoms with van der Waals surface area (Å²) in [5.41, 5.74) is 1.19. The van der Waals surface area contributed by atoms with Crippen LogP contribution in [-0.4, -0.2) is 28.3 Å². The van der Waals surface area contributed by atoms with E-state index in [4.69, 9.17) is 11.6 Å². The molecular weight excluding hydrogens is 262 g/mol. The summed E-state index contributed by atoms with van der Waals surface area (Å²) < 4.78 is 0. The third-order valence-electron chi connectivity index (χ3n) is 2.52. The summed E-state index contributed by atoms with van der Waals surface area (Å²) in [7, 11) is 0. The zero-order valence-corrected chi connectivity index (χ0v) is 11.3. The molecule has 2 rings (SSSR count). The molecule has 0 radical (unpaired) electrons. The lowest BCUT2D eigenvalue weighted by Gasteiger charge is -2.06. The van der Waals surface area contributed by atoms with E-state index in [9.17, 15) is 0 Å². The van der Waals surface area contributed by atoms with Gasteiger partial charge in [-0.15, -0.1) is 10.2 Å². The van der Waals surface area contributed by atoms with Crippen LogP contribution >= 0.6 is 11.6 Å². The summed E-state index contributed by atoms with van der Waals surface area (Å²) in [5, 5.41) is 14.6. The van der Waals surface area contributed by atoms with Crippen LogP contribution in [0.3, 0.4) is 0 Å². The highest BCUT2D eigenvalue weighted by atomic mass is 35.5. The van der Waals surface area contributed by atoms with E-state index in [0.717, 1.165) is 31.9 Å². The van der Waals surface area contributed by atoms with E-state index in [2.05, 4.69) is 31.9 Å². The number of hydrogen-bond acceptors (Lipinski definition) is 5. The van der Waals surface area contributed by atoms with E-state index in [1.54, 1.807) is 12.3 Å². The Morgan fingerprint density at radius 2 is 2.05 bits per heavy atom. The zero-order chi connectivity index (χ0) is 13.3. The van der Waals surface area contributed by atoms with Crippen molar-refractivity contribution in [3.63, 3.8) is 0 Å². The second-order valence-corrected chi connectivity index (χ2v) is 4.45. The fourth-order valence-corrected chi connectivity index (χ4v) is 1.68. The first kappa shape index (κ1) is 13.7. The number of anilines is 1. The first-order valence-electron chi connectivity index (χ1n) is 6.17. The van der Waals surface area contributed by atoms with Gasteiger partial charge in [-0.25, -0.2) is 0 Å². The SMILES string of the molecule is Clc1ccc(NCCCNCc2cccnc2)nn1. The maximum Gasteiger partial charge on any atom is 0.151 e. The van der Waals surface area contributed by atoms with Crippen molar-refractivity contribution in [2.75, 3.05) is 18.4 Å². The molecule has 2 aromatic heterocycles. The van der Waals surface area contributed by atoms with Gasteiger partial charge in [0.1, 0.15) is 5.82 Å². The number of rotatable bonds is 7. The van der Waals surface area contributed by atoms with Crippen molar-refractivity contribution in [3.05, 3.63) is 47.4 Å². The van der Waals surface area contributed by atoms with Crippen molar-refractivity contribution in [1.82, 2.24) is 20.5 Å². The quantitative estimate of drug-likeness (QED) is 0.759. The van der Waals surface area contributed by atoms with Gasteiger partial charge in [0.05, 0.1) is 0 Å². The Kier molecular flexibility index (Phi) is 5.52. The molecule has 0 aliphatic heterocycles. The highest BCUT2D eigenvalue weighted by molar-refractivity contribution is 6.29. The van der Waals surface area contributed by atoms with E-state index in [1.807, 2.05) is 18.3 Å². The fourth-order valence-electron chi connectivity index (χ4n) is 1.58. The average Bonchev–Trinajstić information content (AvgIpc) is 2.46. The summed E-state index contributed by atoms with van der Waals surface area (Å²) in [6.07, 6.45) is 4.65. The molecule has 2 heterocycles. The summed E-state index contributed by atoms with van der Waals surface area (Å²) in [6.45, 7) is 2.62. The van der Waals surface area contributed by atoms with Crippen molar-refractivity contribution in [3.8, 4) is 0 Å². The molecule has 5 nitrogen and oxygen atoms in total. The zero-order valence-electron chi connectivity index (χ0n) is 10.5. The van der Waals surface area contributed by atoms with Gasteiger partial charge in [0, 0.05) is 25.5 Å². The molecule has 0 saturated carbocycles. The number of nitrogens with one attached hydrogen (secondary N) is 2. The minimum Gasteiger partial charge on any atom is -0.369 e. The molecule has 0 spiro atoms. The van der Waals surface area contributed by atoms with Crippen molar-refractivity contribution in [2.24, 2.45) is 0 Å². The van der Waals surface area contributed by atoms with E-state index >= 15 is 0 Å². The van der Waals surface area contributed by atoms with Gasteiger partial charge in [0.25, 0.3) is 0 Å². The molecule has 0 unspecified atom stereocenters. The molecular formula is C13H16ClN5. The largest absolute Gasteiger partial charge is 0.369 e. The van der Waals surface area contributed by atoms with Crippen LogP contribution in [0.1, 0.15) is 12.0 Å². The molecule has 0 aliphatic carbocycles. The number of pyridine rings is 1. The minimum absolute atomic E-state index is 0.406. The number of halogens is 1. The van der Waals surface area contributed by atoms with E-state index in [0.29, 0.717) is 5.15 Å². The van der Waals surface area contributed by atoms with Crippen LogP contribution in [0.4, 0.5) is 5.82 Å². The molecule has 2 N–H and O–H groups in total. The fraction of sp³-hybridized carbons (Fsp3) is 0.308. The number of hydrogen-bond donors (Lipinski definition) is 2. The molecule has 0 aromatic carbocycles. The summed E-state index contributed by atoms with van der Waals surface area (Å²) in [6, 6.07) is 7.54. The maximum atomic E-state index is 5.66. The molecule has 0 atom stereocenters. The molecule has 0 amide bonds. The third-order valence-corrected chi connectivity index (χ3v) is 2.72. The molecule has 2 aromatic rings. The highest BCUT2D eigenvalue weighted by Gasteiger charge is 1.95. The Labute approximate surface area is 117 Å². The smallest absolute Gasteiger partial charge is 0.151 e. The van der Waals surface area contributed by atoms with Crippen LogP contribution in [0.15, 0.2) is 36.7 Å². The molecule has 0 fully saturated rings. The maximum absolute atomic E-state index is 5.66. The predicted octanol–water partition coefficient (Wildman–Crippen LogP) is 2.12. The summed E-state index contributed by atoms with van der Waals surface area (Å²) in [4.78, 5) is 4.07. The normalized spacial score (nSPS) is 10.4. The van der Waals surface area contributed by atoms with Gasteiger partial charge in [-0.1, -0.05) is 17.7 Å². The van der Waals surface area contributed by atoms with E-state index in [1.165, 1.54) is 5.56 Å². The minimum atomic E-state index is 0.406. The van der Waals surface area contributed by atoms with E-state index < -0.39 is 0 Å². The van der Waals surface area contributed by atoms with Crippen molar-refractivity contribution in [1.29, 1.82) is 0 Å². The van der Waals surface area contributed by atoms with Gasteiger partial charge >= 0.3 is 0 Å². The van der Waals surface area contributed by atoms with Gasteiger partial charge in [-0.2, -0.15) is 0 Å². The second-order valence-electron chi connectivity index (χ2n) is 4.06. The van der Waals surface area contributed by atoms with Crippen LogP contribution < -0.4 is 10.6 Å². The van der Waals surface area contributed by atoms with Crippen LogP contribution in [0, 0.1) is 0 Å². The first-order valence-corrected chi connectivity index (χ1v) is 6.55. The van der Waals surface area contributed by atoms with E-state index in [-0.39, 0.29) is 0 Å². The van der Waals surface area contributed by atoms with Crippen molar-refractivity contribution < 1.29 is 0 Å². The Bertz CT molecular complexity index is 474. The third kappa shape index (κ3) is 5.19. The Morgan fingerprint density at radius 1 is 1.11 bits per heavy atom. The van der Waals surface area contributed by atoms with Gasteiger partial charge in [-0.05, 0) is 36.7 Å². The van der Waals surface area contributed by atoms with Crippen LogP contribution in [-0.2, 0) is 6.54 Å². The average molecular weight is 278 g/mol. The van der Waals surface area contributed by atoms with Gasteiger partial charge in [-0.3, -0.25) is 4.98 Å². The van der Waals surface area contributed by atoms with Gasteiger partial charge in [0.15, 0.2) is 5.15 Å². The molecule has 100 valence electrons. The Morgan fingerprint density at radius 3 is 2.79 bits per heavy atom. The Balaban J connectivity index is 1.56. The molecule has 0 saturated heterocycles. The van der Waals surface area contributed by atoms with Crippen molar-refractivity contribution >= 4 is 17.4 Å². The molecule has 0 aliphatic rings.